The van der Waals surface area contributed by atoms with E-state index < -0.39 is 0 Å². The highest BCUT2D eigenvalue weighted by Gasteiger charge is 2.29. The van der Waals surface area contributed by atoms with Crippen molar-refractivity contribution in [3.63, 3.8) is 0 Å². The van der Waals surface area contributed by atoms with E-state index in [1.165, 1.54) is 0 Å². The van der Waals surface area contributed by atoms with E-state index in [9.17, 15) is 0 Å². The molecule has 0 aromatic rings. The molecule has 0 aliphatic rings. The van der Waals surface area contributed by atoms with Gasteiger partial charge >= 0.3 is 0 Å². The molecule has 0 aromatic heterocycles. The maximum Gasteiger partial charge on any atom is 0.0699 e. The fourth-order valence-electron chi connectivity index (χ4n) is 2.21. The fraction of sp³-hybridized carbons (Fsp3) is 1.00. The highest BCUT2D eigenvalue weighted by Crippen LogP contribution is 2.27. The molecule has 1 N–H and O–H groups in total. The van der Waals surface area contributed by atoms with Gasteiger partial charge < -0.3 is 14.6 Å². The predicted molar refractivity (Wildman–Crippen MR) is 84.0 cm³/mol. The van der Waals surface area contributed by atoms with E-state index in [2.05, 4.69) is 43.6 Å². The minimum atomic E-state index is -0.211. The molecule has 3 nitrogen and oxygen atoms in total. The molecule has 0 heterocycles. The lowest BCUT2D eigenvalue weighted by Crippen LogP contribution is -2.36. The highest BCUT2D eigenvalue weighted by atomic mass is 79.9. The zero-order valence-electron chi connectivity index (χ0n) is 13.0. The van der Waals surface area contributed by atoms with Gasteiger partial charge in [-0.2, -0.15) is 0 Å². The molecule has 0 saturated heterocycles. The molecular formula is C15H31BrO3. The van der Waals surface area contributed by atoms with Crippen LogP contribution in [0.15, 0.2) is 0 Å². The Labute approximate surface area is 127 Å². The molecule has 116 valence electrons. The van der Waals surface area contributed by atoms with Gasteiger partial charge in [0.1, 0.15) is 0 Å². The SMILES string of the molecule is CCC(C)(CCO)OCCC(CC)(CC)OCCBr. The van der Waals surface area contributed by atoms with Gasteiger partial charge in [-0.05, 0) is 39.0 Å². The van der Waals surface area contributed by atoms with Crippen LogP contribution in [-0.4, -0.2) is 41.5 Å². The molecule has 19 heavy (non-hydrogen) atoms. The van der Waals surface area contributed by atoms with E-state index in [0.29, 0.717) is 13.0 Å². The lowest BCUT2D eigenvalue weighted by molar-refractivity contribution is -0.0985. The largest absolute Gasteiger partial charge is 0.396 e. The van der Waals surface area contributed by atoms with Crippen LogP contribution < -0.4 is 0 Å². The van der Waals surface area contributed by atoms with Gasteiger partial charge in [0.25, 0.3) is 0 Å². The molecule has 0 spiro atoms. The van der Waals surface area contributed by atoms with Crippen molar-refractivity contribution in [1.82, 2.24) is 0 Å². The zero-order valence-corrected chi connectivity index (χ0v) is 14.6. The van der Waals surface area contributed by atoms with E-state index in [-0.39, 0.29) is 17.8 Å². The summed E-state index contributed by atoms with van der Waals surface area (Å²) in [6.45, 7) is 10.1. The smallest absolute Gasteiger partial charge is 0.0699 e. The normalized spacial score (nSPS) is 15.5. The number of hydrogen-bond acceptors (Lipinski definition) is 3. The third kappa shape index (κ3) is 7.07. The van der Waals surface area contributed by atoms with Crippen molar-refractivity contribution in [2.45, 2.75) is 71.0 Å². The molecule has 0 amide bonds. The first-order chi connectivity index (χ1) is 9.01. The lowest BCUT2D eigenvalue weighted by Gasteiger charge is -2.34. The topological polar surface area (TPSA) is 38.7 Å². The second kappa shape index (κ2) is 10.1. The average Bonchev–Trinajstić information content (AvgIpc) is 2.43. The number of alkyl halides is 1. The average molecular weight is 339 g/mol. The zero-order chi connectivity index (χ0) is 14.8. The number of aliphatic hydroxyl groups excluding tert-OH is 1. The minimum absolute atomic E-state index is 0.0678. The van der Waals surface area contributed by atoms with E-state index >= 15 is 0 Å². The maximum atomic E-state index is 9.09. The standard InChI is InChI=1S/C15H31BrO3/c1-5-14(4,8-11-17)18-12-9-15(6-2,7-3)19-13-10-16/h17H,5-13H2,1-4H3. The molecule has 0 bridgehead atoms. The van der Waals surface area contributed by atoms with Crippen LogP contribution in [0.4, 0.5) is 0 Å². The summed E-state index contributed by atoms with van der Waals surface area (Å²) in [7, 11) is 0. The highest BCUT2D eigenvalue weighted by molar-refractivity contribution is 9.09. The van der Waals surface area contributed by atoms with Crippen LogP contribution >= 0.6 is 15.9 Å². The van der Waals surface area contributed by atoms with Crippen LogP contribution in [0.25, 0.3) is 0 Å². The number of hydrogen-bond donors (Lipinski definition) is 1. The number of ether oxygens (including phenoxy) is 2. The van der Waals surface area contributed by atoms with Gasteiger partial charge in [0, 0.05) is 11.9 Å². The summed E-state index contributed by atoms with van der Waals surface area (Å²) in [5, 5.41) is 9.96. The van der Waals surface area contributed by atoms with Crippen molar-refractivity contribution in [2.24, 2.45) is 0 Å². The molecule has 0 aliphatic carbocycles. The van der Waals surface area contributed by atoms with Crippen molar-refractivity contribution in [3.8, 4) is 0 Å². The third-order valence-corrected chi connectivity index (χ3v) is 4.49. The molecule has 0 saturated carbocycles. The number of rotatable bonds is 12. The Bertz CT molecular complexity index is 219. The number of aliphatic hydroxyl groups is 1. The first-order valence-electron chi connectivity index (χ1n) is 7.46. The summed E-state index contributed by atoms with van der Waals surface area (Å²) in [4.78, 5) is 0. The Balaban J connectivity index is 4.31. The molecular weight excluding hydrogens is 308 g/mol. The van der Waals surface area contributed by atoms with Gasteiger partial charge in [-0.25, -0.2) is 0 Å². The van der Waals surface area contributed by atoms with Crippen LogP contribution in [0, 0.1) is 0 Å². The molecule has 0 aromatic carbocycles. The predicted octanol–water partition coefficient (Wildman–Crippen LogP) is 3.91. The van der Waals surface area contributed by atoms with Crippen LogP contribution in [0.5, 0.6) is 0 Å². The maximum absolute atomic E-state index is 9.09. The van der Waals surface area contributed by atoms with Crippen LogP contribution in [0.3, 0.4) is 0 Å². The van der Waals surface area contributed by atoms with Gasteiger partial charge in [-0.3, -0.25) is 0 Å². The lowest BCUT2D eigenvalue weighted by atomic mass is 9.93. The van der Waals surface area contributed by atoms with Crippen molar-refractivity contribution in [2.75, 3.05) is 25.2 Å². The van der Waals surface area contributed by atoms with Crippen molar-refractivity contribution in [1.29, 1.82) is 0 Å². The van der Waals surface area contributed by atoms with Crippen molar-refractivity contribution < 1.29 is 14.6 Å². The van der Waals surface area contributed by atoms with Gasteiger partial charge in [0.15, 0.2) is 0 Å². The summed E-state index contributed by atoms with van der Waals surface area (Å²) in [6.07, 6.45) is 4.53. The molecule has 4 heteroatoms. The second-order valence-electron chi connectivity index (χ2n) is 5.30. The summed E-state index contributed by atoms with van der Waals surface area (Å²) in [5.41, 5.74) is -0.279. The number of halogens is 1. The van der Waals surface area contributed by atoms with Crippen LogP contribution in [0.1, 0.15) is 59.8 Å². The molecule has 0 fully saturated rings. The minimum Gasteiger partial charge on any atom is -0.396 e. The summed E-state index contributed by atoms with van der Waals surface area (Å²) in [5.74, 6) is 0. The first-order valence-corrected chi connectivity index (χ1v) is 8.58. The van der Waals surface area contributed by atoms with Crippen LogP contribution in [-0.2, 0) is 9.47 Å². The Kier molecular flexibility index (Phi) is 10.3. The van der Waals surface area contributed by atoms with Gasteiger partial charge in [-0.15, -0.1) is 0 Å². The van der Waals surface area contributed by atoms with Crippen LogP contribution in [0.2, 0.25) is 0 Å². The third-order valence-electron chi connectivity index (χ3n) is 4.17. The Morgan fingerprint density at radius 1 is 0.947 bits per heavy atom. The summed E-state index contributed by atoms with van der Waals surface area (Å²) in [6, 6.07) is 0. The summed E-state index contributed by atoms with van der Waals surface area (Å²) >= 11 is 3.41. The van der Waals surface area contributed by atoms with E-state index in [1.54, 1.807) is 0 Å². The van der Waals surface area contributed by atoms with Gasteiger partial charge in [-0.1, -0.05) is 36.7 Å². The van der Waals surface area contributed by atoms with E-state index in [4.69, 9.17) is 14.6 Å². The Hall–Kier alpha value is 0.360. The quantitative estimate of drug-likeness (QED) is 0.548. The Morgan fingerprint density at radius 2 is 1.58 bits per heavy atom. The molecule has 1 atom stereocenters. The first kappa shape index (κ1) is 19.4. The fourth-order valence-corrected chi connectivity index (χ4v) is 2.37. The van der Waals surface area contributed by atoms with E-state index in [1.807, 2.05) is 0 Å². The second-order valence-corrected chi connectivity index (χ2v) is 6.10. The molecule has 0 rings (SSSR count). The molecule has 1 unspecified atom stereocenters. The monoisotopic (exact) mass is 338 g/mol. The van der Waals surface area contributed by atoms with E-state index in [0.717, 1.165) is 37.6 Å². The van der Waals surface area contributed by atoms with Crippen molar-refractivity contribution >= 4 is 15.9 Å². The Morgan fingerprint density at radius 3 is 2.00 bits per heavy atom. The van der Waals surface area contributed by atoms with Gasteiger partial charge in [0.05, 0.1) is 24.4 Å². The van der Waals surface area contributed by atoms with Gasteiger partial charge in [0.2, 0.25) is 0 Å². The summed E-state index contributed by atoms with van der Waals surface area (Å²) < 4.78 is 12.0. The molecule has 0 radical (unpaired) electrons. The van der Waals surface area contributed by atoms with Crippen molar-refractivity contribution in [3.05, 3.63) is 0 Å². The molecule has 0 aliphatic heterocycles.